The lowest BCUT2D eigenvalue weighted by molar-refractivity contribution is -0.138. The van der Waals surface area contributed by atoms with Crippen LogP contribution in [0.1, 0.15) is 38.5 Å². The van der Waals surface area contributed by atoms with E-state index < -0.39 is 5.97 Å². The summed E-state index contributed by atoms with van der Waals surface area (Å²) in [5.41, 5.74) is 0. The van der Waals surface area contributed by atoms with Crippen molar-refractivity contribution in [1.82, 2.24) is 0 Å². The summed E-state index contributed by atoms with van der Waals surface area (Å²) < 4.78 is 0. The van der Waals surface area contributed by atoms with E-state index in [1.165, 1.54) is 6.08 Å². The van der Waals surface area contributed by atoms with Gasteiger partial charge in [-0.15, -0.1) is 0 Å². The van der Waals surface area contributed by atoms with Crippen LogP contribution in [-0.4, -0.2) is 22.6 Å². The maximum absolute atomic E-state index is 11.1. The summed E-state index contributed by atoms with van der Waals surface area (Å²) in [5.74, 6) is -1.03. The first kappa shape index (κ1) is 13.5. The Hall–Kier alpha value is -1.45. The van der Waals surface area contributed by atoms with Crippen molar-refractivity contribution in [2.75, 3.05) is 0 Å². The van der Waals surface area contributed by atoms with Gasteiger partial charge in [-0.2, -0.15) is 0 Å². The van der Waals surface area contributed by atoms with Gasteiger partial charge in [0.1, 0.15) is 5.78 Å². The Bertz CT molecular complexity index is 255. The van der Waals surface area contributed by atoms with Crippen LogP contribution in [0.2, 0.25) is 0 Å². The topological polar surface area (TPSA) is 71.4 Å². The van der Waals surface area contributed by atoms with Gasteiger partial charge in [0.15, 0.2) is 5.78 Å². The molecule has 0 bridgehead atoms. The first-order valence-corrected chi connectivity index (χ1v) is 4.95. The average Bonchev–Trinajstić information content (AvgIpc) is 2.21. The zero-order chi connectivity index (χ0) is 11.7. The number of carbonyl (C=O) groups is 3. The highest BCUT2D eigenvalue weighted by Gasteiger charge is 2.05. The lowest BCUT2D eigenvalue weighted by Crippen LogP contribution is -2.03. The van der Waals surface area contributed by atoms with Crippen LogP contribution in [-0.2, 0) is 14.4 Å². The Morgan fingerprint density at radius 1 is 1.00 bits per heavy atom. The maximum Gasteiger partial charge on any atom is 0.303 e. The number of aliphatic carboxylic acids is 1. The molecule has 1 N–H and O–H groups in total. The summed E-state index contributed by atoms with van der Waals surface area (Å²) in [6, 6.07) is 0. The van der Waals surface area contributed by atoms with Crippen LogP contribution < -0.4 is 0 Å². The zero-order valence-corrected chi connectivity index (χ0v) is 8.70. The fourth-order valence-corrected chi connectivity index (χ4v) is 1.09. The minimum atomic E-state index is -0.954. The molecule has 0 aliphatic heterocycles. The fraction of sp³-hybridized carbons (Fsp3) is 0.545. The fourth-order valence-electron chi connectivity index (χ4n) is 1.09. The molecule has 0 aromatic carbocycles. The van der Waals surface area contributed by atoms with Gasteiger partial charge < -0.3 is 5.11 Å². The Morgan fingerprint density at radius 2 is 1.60 bits per heavy atom. The molecule has 15 heavy (non-hydrogen) atoms. The van der Waals surface area contributed by atoms with Crippen LogP contribution in [0.4, 0.5) is 0 Å². The summed E-state index contributed by atoms with van der Waals surface area (Å²) in [4.78, 5) is 32.0. The molecule has 0 fully saturated rings. The second kappa shape index (κ2) is 7.91. The smallest absolute Gasteiger partial charge is 0.303 e. The number of carboxylic acids is 1. The molecule has 0 atom stereocenters. The van der Waals surface area contributed by atoms with Crippen molar-refractivity contribution in [2.24, 2.45) is 0 Å². The number of unbranched alkanes of at least 4 members (excludes halogenated alkanes) is 1. The SMILES string of the molecule is C=CC(=O)CCCCC(=O)CCC(=O)O. The van der Waals surface area contributed by atoms with E-state index in [0.717, 1.165) is 0 Å². The van der Waals surface area contributed by atoms with Crippen molar-refractivity contribution in [2.45, 2.75) is 38.5 Å². The molecule has 0 aromatic heterocycles. The molecule has 4 nitrogen and oxygen atoms in total. The van der Waals surface area contributed by atoms with E-state index in [2.05, 4.69) is 6.58 Å². The lowest BCUT2D eigenvalue weighted by atomic mass is 10.1. The molecule has 4 heteroatoms. The Labute approximate surface area is 89.0 Å². The average molecular weight is 212 g/mol. The largest absolute Gasteiger partial charge is 0.481 e. The van der Waals surface area contributed by atoms with Gasteiger partial charge in [0.2, 0.25) is 0 Å². The minimum absolute atomic E-state index is 0.0204. The second-order valence-corrected chi connectivity index (χ2v) is 3.31. The summed E-state index contributed by atoms with van der Waals surface area (Å²) in [6.07, 6.45) is 3.32. The molecule has 0 radical (unpaired) electrons. The standard InChI is InChI=1S/C11H16O4/c1-2-9(12)5-3-4-6-10(13)7-8-11(14)15/h2H,1,3-8H2,(H,14,15). The molecular weight excluding hydrogens is 196 g/mol. The summed E-state index contributed by atoms with van der Waals surface area (Å²) in [5, 5.41) is 8.33. The van der Waals surface area contributed by atoms with E-state index in [1.54, 1.807) is 0 Å². The highest BCUT2D eigenvalue weighted by molar-refractivity contribution is 5.89. The number of Topliss-reactive ketones (excluding diaryl/α,β-unsaturated/α-hetero) is 1. The van der Waals surface area contributed by atoms with Gasteiger partial charge in [0.05, 0.1) is 6.42 Å². The van der Waals surface area contributed by atoms with Crippen molar-refractivity contribution in [3.8, 4) is 0 Å². The number of carboxylic acid groups (broad SMARTS) is 1. The van der Waals surface area contributed by atoms with Crippen LogP contribution >= 0.6 is 0 Å². The number of hydrogen-bond acceptors (Lipinski definition) is 3. The van der Waals surface area contributed by atoms with Gasteiger partial charge in [-0.05, 0) is 18.9 Å². The van der Waals surface area contributed by atoms with Gasteiger partial charge in [0.25, 0.3) is 0 Å². The van der Waals surface area contributed by atoms with Gasteiger partial charge in [-0.3, -0.25) is 14.4 Å². The van der Waals surface area contributed by atoms with Crippen LogP contribution in [0, 0.1) is 0 Å². The molecule has 0 unspecified atom stereocenters. The predicted molar refractivity (Wildman–Crippen MR) is 55.5 cm³/mol. The minimum Gasteiger partial charge on any atom is -0.481 e. The van der Waals surface area contributed by atoms with Crippen molar-refractivity contribution in [1.29, 1.82) is 0 Å². The van der Waals surface area contributed by atoms with Crippen LogP contribution in [0.5, 0.6) is 0 Å². The van der Waals surface area contributed by atoms with E-state index in [9.17, 15) is 14.4 Å². The molecule has 0 aliphatic carbocycles. The highest BCUT2D eigenvalue weighted by Crippen LogP contribution is 2.04. The molecular formula is C11H16O4. The summed E-state index contributed by atoms with van der Waals surface area (Å²) in [7, 11) is 0. The Kier molecular flexibility index (Phi) is 7.14. The third-order valence-corrected chi connectivity index (χ3v) is 1.97. The molecule has 0 saturated carbocycles. The normalized spacial score (nSPS) is 9.60. The molecule has 0 spiro atoms. The molecule has 0 saturated heterocycles. The third-order valence-electron chi connectivity index (χ3n) is 1.97. The van der Waals surface area contributed by atoms with Crippen LogP contribution in [0.15, 0.2) is 12.7 Å². The van der Waals surface area contributed by atoms with Crippen LogP contribution in [0.3, 0.4) is 0 Å². The molecule has 0 amide bonds. The molecule has 0 aromatic rings. The van der Waals surface area contributed by atoms with Crippen molar-refractivity contribution < 1.29 is 19.5 Å². The number of hydrogen-bond donors (Lipinski definition) is 1. The van der Waals surface area contributed by atoms with Crippen LogP contribution in [0.25, 0.3) is 0 Å². The summed E-state index contributed by atoms with van der Waals surface area (Å²) in [6.45, 7) is 3.34. The number of carbonyl (C=O) groups excluding carboxylic acids is 2. The molecule has 0 rings (SSSR count). The predicted octanol–water partition coefficient (Wildman–Crippen LogP) is 1.74. The highest BCUT2D eigenvalue weighted by atomic mass is 16.4. The van der Waals surface area contributed by atoms with Crippen molar-refractivity contribution >= 4 is 17.5 Å². The molecule has 84 valence electrons. The van der Waals surface area contributed by atoms with E-state index in [4.69, 9.17) is 5.11 Å². The van der Waals surface area contributed by atoms with Gasteiger partial charge >= 0.3 is 5.97 Å². The van der Waals surface area contributed by atoms with Crippen molar-refractivity contribution in [3.05, 3.63) is 12.7 Å². The maximum atomic E-state index is 11.1. The quantitative estimate of drug-likeness (QED) is 0.466. The number of allylic oxidation sites excluding steroid dienone is 1. The zero-order valence-electron chi connectivity index (χ0n) is 8.70. The Balaban J connectivity index is 3.43. The van der Waals surface area contributed by atoms with E-state index in [0.29, 0.717) is 25.7 Å². The number of ketones is 2. The Morgan fingerprint density at radius 3 is 2.13 bits per heavy atom. The molecule has 0 heterocycles. The van der Waals surface area contributed by atoms with Gasteiger partial charge in [-0.1, -0.05) is 6.58 Å². The van der Waals surface area contributed by atoms with Gasteiger partial charge in [-0.25, -0.2) is 0 Å². The molecule has 0 aliphatic rings. The third kappa shape index (κ3) is 8.87. The first-order chi connectivity index (χ1) is 7.06. The first-order valence-electron chi connectivity index (χ1n) is 4.95. The van der Waals surface area contributed by atoms with Gasteiger partial charge in [0, 0.05) is 19.3 Å². The van der Waals surface area contributed by atoms with E-state index in [-0.39, 0.29) is 24.4 Å². The van der Waals surface area contributed by atoms with E-state index >= 15 is 0 Å². The van der Waals surface area contributed by atoms with Crippen molar-refractivity contribution in [3.63, 3.8) is 0 Å². The summed E-state index contributed by atoms with van der Waals surface area (Å²) >= 11 is 0. The lowest BCUT2D eigenvalue weighted by Gasteiger charge is -1.98. The number of rotatable bonds is 9. The monoisotopic (exact) mass is 212 g/mol. The van der Waals surface area contributed by atoms with E-state index in [1.807, 2.05) is 0 Å². The second-order valence-electron chi connectivity index (χ2n) is 3.31.